The fraction of sp³-hybridized carbons (Fsp3) is 0.636. The van der Waals surface area contributed by atoms with E-state index in [0.717, 1.165) is 5.82 Å². The van der Waals surface area contributed by atoms with E-state index in [1.807, 2.05) is 17.7 Å². The van der Waals surface area contributed by atoms with Crippen LogP contribution in [0, 0.1) is 0 Å². The van der Waals surface area contributed by atoms with Gasteiger partial charge in [-0.25, -0.2) is 4.98 Å². The largest absolute Gasteiger partial charge is 0.480 e. The third kappa shape index (κ3) is 2.41. The average molecular weight is 223 g/mol. The minimum absolute atomic E-state index is 0.453. The second kappa shape index (κ2) is 4.65. The summed E-state index contributed by atoms with van der Waals surface area (Å²) in [6.07, 6.45) is 5.96. The number of imidazole rings is 1. The minimum Gasteiger partial charge on any atom is -0.480 e. The number of carbonyl (C=O) groups is 1. The highest BCUT2D eigenvalue weighted by atomic mass is 16.4. The van der Waals surface area contributed by atoms with Crippen LogP contribution in [0.3, 0.4) is 0 Å². The molecule has 0 aliphatic heterocycles. The molecule has 2 rings (SSSR count). The van der Waals surface area contributed by atoms with Crippen LogP contribution < -0.4 is 5.32 Å². The standard InChI is InChI=1S/C11H17N3O2/c1-2-12-9(11(15)16)7-14-6-5-13-10(14)8-3-4-8/h5-6,8-9,12H,2-4,7H2,1H3,(H,15,16). The molecule has 1 aliphatic rings. The summed E-state index contributed by atoms with van der Waals surface area (Å²) in [5.41, 5.74) is 0. The van der Waals surface area contributed by atoms with Gasteiger partial charge in [0.1, 0.15) is 11.9 Å². The maximum Gasteiger partial charge on any atom is 0.322 e. The lowest BCUT2D eigenvalue weighted by atomic mass is 10.2. The number of likely N-dealkylation sites (N-methyl/N-ethyl adjacent to an activating group) is 1. The van der Waals surface area contributed by atoms with Crippen molar-refractivity contribution in [1.82, 2.24) is 14.9 Å². The summed E-state index contributed by atoms with van der Waals surface area (Å²) in [6, 6.07) is -0.531. The topological polar surface area (TPSA) is 67.2 Å². The molecule has 1 atom stereocenters. The van der Waals surface area contributed by atoms with E-state index in [9.17, 15) is 4.79 Å². The molecule has 1 heterocycles. The van der Waals surface area contributed by atoms with Crippen molar-refractivity contribution >= 4 is 5.97 Å². The highest BCUT2D eigenvalue weighted by molar-refractivity contribution is 5.73. The number of rotatable bonds is 6. The van der Waals surface area contributed by atoms with Gasteiger partial charge in [0, 0.05) is 24.9 Å². The number of hydrogen-bond acceptors (Lipinski definition) is 3. The fourth-order valence-corrected chi connectivity index (χ4v) is 1.85. The Hall–Kier alpha value is -1.36. The van der Waals surface area contributed by atoms with E-state index in [0.29, 0.717) is 19.0 Å². The predicted molar refractivity (Wildman–Crippen MR) is 59.3 cm³/mol. The molecule has 0 radical (unpaired) electrons. The van der Waals surface area contributed by atoms with Crippen molar-refractivity contribution in [2.24, 2.45) is 0 Å². The molecule has 1 aromatic heterocycles. The quantitative estimate of drug-likeness (QED) is 0.749. The molecule has 88 valence electrons. The summed E-state index contributed by atoms with van der Waals surface area (Å²) >= 11 is 0. The summed E-state index contributed by atoms with van der Waals surface area (Å²) in [5.74, 6) is 0.771. The zero-order valence-corrected chi connectivity index (χ0v) is 9.39. The summed E-state index contributed by atoms with van der Waals surface area (Å²) in [6.45, 7) is 3.02. The van der Waals surface area contributed by atoms with Gasteiger partial charge in [-0.1, -0.05) is 6.92 Å². The van der Waals surface area contributed by atoms with Gasteiger partial charge in [-0.05, 0) is 19.4 Å². The van der Waals surface area contributed by atoms with Crippen LogP contribution in [0.15, 0.2) is 12.4 Å². The summed E-state index contributed by atoms with van der Waals surface area (Å²) < 4.78 is 1.96. The molecule has 16 heavy (non-hydrogen) atoms. The SMILES string of the molecule is CCNC(Cn1ccnc1C1CC1)C(=O)O. The van der Waals surface area contributed by atoms with E-state index in [-0.39, 0.29) is 0 Å². The van der Waals surface area contributed by atoms with Crippen molar-refractivity contribution in [3.8, 4) is 0 Å². The second-order valence-electron chi connectivity index (χ2n) is 4.16. The lowest BCUT2D eigenvalue weighted by molar-refractivity contribution is -0.139. The van der Waals surface area contributed by atoms with Gasteiger partial charge >= 0.3 is 5.97 Å². The molecule has 1 fully saturated rings. The molecule has 1 aromatic rings. The third-order valence-electron chi connectivity index (χ3n) is 2.82. The maximum absolute atomic E-state index is 11.0. The Kier molecular flexibility index (Phi) is 3.24. The first-order valence-corrected chi connectivity index (χ1v) is 5.69. The zero-order valence-electron chi connectivity index (χ0n) is 9.39. The van der Waals surface area contributed by atoms with E-state index < -0.39 is 12.0 Å². The Balaban J connectivity index is 2.05. The Morgan fingerprint density at radius 2 is 2.50 bits per heavy atom. The molecular weight excluding hydrogens is 206 g/mol. The number of carboxylic acids is 1. The van der Waals surface area contributed by atoms with Crippen molar-refractivity contribution < 1.29 is 9.90 Å². The van der Waals surface area contributed by atoms with Crippen LogP contribution in [-0.4, -0.2) is 33.2 Å². The molecule has 1 unspecified atom stereocenters. The Morgan fingerprint density at radius 1 is 1.75 bits per heavy atom. The molecule has 5 heteroatoms. The molecule has 0 amide bonds. The van der Waals surface area contributed by atoms with Crippen LogP contribution in [0.5, 0.6) is 0 Å². The molecule has 2 N–H and O–H groups in total. The van der Waals surface area contributed by atoms with Gasteiger partial charge in [-0.15, -0.1) is 0 Å². The zero-order chi connectivity index (χ0) is 11.5. The number of nitrogens with zero attached hydrogens (tertiary/aromatic N) is 2. The molecule has 0 spiro atoms. The van der Waals surface area contributed by atoms with Gasteiger partial charge in [-0.2, -0.15) is 0 Å². The van der Waals surface area contributed by atoms with E-state index in [2.05, 4.69) is 10.3 Å². The highest BCUT2D eigenvalue weighted by Crippen LogP contribution is 2.38. The number of aliphatic carboxylic acids is 1. The van der Waals surface area contributed by atoms with Crippen molar-refractivity contribution in [1.29, 1.82) is 0 Å². The number of nitrogens with one attached hydrogen (secondary N) is 1. The van der Waals surface area contributed by atoms with Crippen LogP contribution in [-0.2, 0) is 11.3 Å². The van der Waals surface area contributed by atoms with Crippen molar-refractivity contribution in [2.45, 2.75) is 38.3 Å². The van der Waals surface area contributed by atoms with Crippen LogP contribution in [0.1, 0.15) is 31.5 Å². The average Bonchev–Trinajstić information content (AvgIpc) is 2.99. The van der Waals surface area contributed by atoms with Crippen LogP contribution in [0.4, 0.5) is 0 Å². The minimum atomic E-state index is -0.808. The molecule has 5 nitrogen and oxygen atoms in total. The lowest BCUT2D eigenvalue weighted by Gasteiger charge is -2.15. The van der Waals surface area contributed by atoms with Crippen LogP contribution >= 0.6 is 0 Å². The van der Waals surface area contributed by atoms with Crippen LogP contribution in [0.25, 0.3) is 0 Å². The van der Waals surface area contributed by atoms with Crippen molar-refractivity contribution in [3.63, 3.8) is 0 Å². The molecule has 0 saturated heterocycles. The van der Waals surface area contributed by atoms with Gasteiger partial charge in [0.25, 0.3) is 0 Å². The molecule has 0 aromatic carbocycles. The van der Waals surface area contributed by atoms with Crippen molar-refractivity contribution in [3.05, 3.63) is 18.2 Å². The maximum atomic E-state index is 11.0. The molecule has 1 saturated carbocycles. The molecular formula is C11H17N3O2. The summed E-state index contributed by atoms with van der Waals surface area (Å²) in [4.78, 5) is 15.3. The first-order chi connectivity index (χ1) is 7.72. The Bertz CT molecular complexity index is 371. The highest BCUT2D eigenvalue weighted by Gasteiger charge is 2.29. The summed E-state index contributed by atoms with van der Waals surface area (Å²) in [5, 5.41) is 12.0. The van der Waals surface area contributed by atoms with Crippen LogP contribution in [0.2, 0.25) is 0 Å². The monoisotopic (exact) mass is 223 g/mol. The first kappa shape index (κ1) is 11.1. The summed E-state index contributed by atoms with van der Waals surface area (Å²) in [7, 11) is 0. The Labute approximate surface area is 94.5 Å². The van der Waals surface area contributed by atoms with E-state index in [4.69, 9.17) is 5.11 Å². The van der Waals surface area contributed by atoms with Gasteiger partial charge in [0.05, 0.1) is 0 Å². The first-order valence-electron chi connectivity index (χ1n) is 5.69. The lowest BCUT2D eigenvalue weighted by Crippen LogP contribution is -2.40. The van der Waals surface area contributed by atoms with Gasteiger partial charge in [0.15, 0.2) is 0 Å². The fourth-order valence-electron chi connectivity index (χ4n) is 1.85. The van der Waals surface area contributed by atoms with E-state index in [1.54, 1.807) is 6.20 Å². The normalized spacial score (nSPS) is 17.3. The molecule has 1 aliphatic carbocycles. The smallest absolute Gasteiger partial charge is 0.322 e. The van der Waals surface area contributed by atoms with Gasteiger partial charge in [-0.3, -0.25) is 4.79 Å². The second-order valence-corrected chi connectivity index (χ2v) is 4.16. The number of aromatic nitrogens is 2. The number of hydrogen-bond donors (Lipinski definition) is 2. The van der Waals surface area contributed by atoms with Gasteiger partial charge in [0.2, 0.25) is 0 Å². The third-order valence-corrected chi connectivity index (χ3v) is 2.82. The Morgan fingerprint density at radius 3 is 3.06 bits per heavy atom. The molecule has 0 bridgehead atoms. The van der Waals surface area contributed by atoms with E-state index >= 15 is 0 Å². The van der Waals surface area contributed by atoms with E-state index in [1.165, 1.54) is 12.8 Å². The number of carboxylic acid groups (broad SMARTS) is 1. The predicted octanol–water partition coefficient (Wildman–Crippen LogP) is 0.823. The van der Waals surface area contributed by atoms with Crippen molar-refractivity contribution in [2.75, 3.05) is 6.54 Å². The van der Waals surface area contributed by atoms with Gasteiger partial charge < -0.3 is 15.0 Å².